The molecule has 1 N–H and O–H groups in total. The number of amides is 1. The van der Waals surface area contributed by atoms with Gasteiger partial charge in [-0.15, -0.1) is 0 Å². The minimum atomic E-state index is 0.240. The number of benzene rings is 1. The van der Waals surface area contributed by atoms with Crippen molar-refractivity contribution >= 4 is 27.5 Å². The fourth-order valence-corrected chi connectivity index (χ4v) is 3.53. The molecular formula is C14H17BrN2O. The van der Waals surface area contributed by atoms with E-state index in [9.17, 15) is 4.79 Å². The van der Waals surface area contributed by atoms with Gasteiger partial charge in [-0.05, 0) is 47.3 Å². The Hall–Kier alpha value is -1.03. The van der Waals surface area contributed by atoms with E-state index in [0.29, 0.717) is 18.4 Å². The molecule has 4 heteroatoms. The van der Waals surface area contributed by atoms with Crippen LogP contribution in [-0.2, 0) is 4.79 Å². The van der Waals surface area contributed by atoms with E-state index >= 15 is 0 Å². The van der Waals surface area contributed by atoms with Gasteiger partial charge in [0.25, 0.3) is 0 Å². The summed E-state index contributed by atoms with van der Waals surface area (Å²) in [4.78, 5) is 14.0. The molecule has 1 amide bonds. The summed E-state index contributed by atoms with van der Waals surface area (Å²) in [6.45, 7) is 3.08. The molecule has 0 aromatic heterocycles. The molecular weight excluding hydrogens is 292 g/mol. The van der Waals surface area contributed by atoms with Gasteiger partial charge in [-0.2, -0.15) is 0 Å². The number of halogens is 1. The number of para-hydroxylation sites is 1. The molecule has 0 saturated carbocycles. The van der Waals surface area contributed by atoms with Gasteiger partial charge in [0.15, 0.2) is 0 Å². The Labute approximate surface area is 116 Å². The van der Waals surface area contributed by atoms with Crippen LogP contribution in [0.25, 0.3) is 0 Å². The Morgan fingerprint density at radius 2 is 2.28 bits per heavy atom. The molecule has 1 aromatic rings. The van der Waals surface area contributed by atoms with Crippen molar-refractivity contribution in [2.45, 2.75) is 38.3 Å². The van der Waals surface area contributed by atoms with E-state index in [1.54, 1.807) is 0 Å². The monoisotopic (exact) mass is 308 g/mol. The Morgan fingerprint density at radius 3 is 3.00 bits per heavy atom. The van der Waals surface area contributed by atoms with Crippen molar-refractivity contribution in [2.24, 2.45) is 0 Å². The zero-order valence-corrected chi connectivity index (χ0v) is 12.0. The molecule has 2 aliphatic heterocycles. The van der Waals surface area contributed by atoms with Gasteiger partial charge in [0.05, 0.1) is 11.7 Å². The molecule has 1 aromatic carbocycles. The van der Waals surface area contributed by atoms with Crippen LogP contribution in [0.3, 0.4) is 0 Å². The summed E-state index contributed by atoms with van der Waals surface area (Å²) >= 11 is 3.59. The van der Waals surface area contributed by atoms with E-state index in [1.165, 1.54) is 5.56 Å². The number of rotatable bonds is 1. The van der Waals surface area contributed by atoms with Crippen molar-refractivity contribution < 1.29 is 4.79 Å². The summed E-state index contributed by atoms with van der Waals surface area (Å²) < 4.78 is 1.09. The highest BCUT2D eigenvalue weighted by molar-refractivity contribution is 9.10. The molecule has 0 spiro atoms. The third-order valence-corrected chi connectivity index (χ3v) is 4.52. The first-order chi connectivity index (χ1) is 8.66. The molecule has 3 rings (SSSR count). The van der Waals surface area contributed by atoms with Crippen molar-refractivity contribution in [1.82, 2.24) is 4.90 Å². The highest BCUT2D eigenvalue weighted by Gasteiger charge is 2.34. The summed E-state index contributed by atoms with van der Waals surface area (Å²) in [5.41, 5.74) is 2.40. The van der Waals surface area contributed by atoms with Crippen LogP contribution in [0.4, 0.5) is 5.69 Å². The van der Waals surface area contributed by atoms with Gasteiger partial charge in [0, 0.05) is 23.5 Å². The number of anilines is 1. The maximum Gasteiger partial charge on any atom is 0.223 e. The molecule has 2 heterocycles. The molecule has 0 radical (unpaired) electrons. The first-order valence-corrected chi connectivity index (χ1v) is 7.30. The molecule has 0 bridgehead atoms. The lowest BCUT2D eigenvalue weighted by molar-refractivity contribution is -0.130. The minimum absolute atomic E-state index is 0.240. The van der Waals surface area contributed by atoms with Crippen LogP contribution in [-0.4, -0.2) is 23.4 Å². The maximum atomic E-state index is 12.0. The zero-order chi connectivity index (χ0) is 12.7. The van der Waals surface area contributed by atoms with Crippen LogP contribution in [0.15, 0.2) is 22.7 Å². The third-order valence-electron chi connectivity index (χ3n) is 3.86. The van der Waals surface area contributed by atoms with E-state index < -0.39 is 0 Å². The van der Waals surface area contributed by atoms with Gasteiger partial charge in [0.1, 0.15) is 0 Å². The summed E-state index contributed by atoms with van der Waals surface area (Å²) in [5.74, 6) is 0.306. The number of carbonyl (C=O) groups excluding carboxylic acids is 1. The smallest absolute Gasteiger partial charge is 0.223 e. The topological polar surface area (TPSA) is 32.3 Å². The van der Waals surface area contributed by atoms with Crippen molar-refractivity contribution in [3.8, 4) is 0 Å². The van der Waals surface area contributed by atoms with E-state index in [2.05, 4.69) is 39.1 Å². The Morgan fingerprint density at radius 1 is 1.44 bits per heavy atom. The molecule has 0 unspecified atom stereocenters. The molecule has 0 aliphatic carbocycles. The van der Waals surface area contributed by atoms with E-state index in [4.69, 9.17) is 0 Å². The molecule has 1 saturated heterocycles. The lowest BCUT2D eigenvalue weighted by atomic mass is 9.92. The van der Waals surface area contributed by atoms with Crippen molar-refractivity contribution in [1.29, 1.82) is 0 Å². The van der Waals surface area contributed by atoms with Crippen molar-refractivity contribution in [3.63, 3.8) is 0 Å². The summed E-state index contributed by atoms with van der Waals surface area (Å²) in [6, 6.07) is 6.87. The maximum absolute atomic E-state index is 12.0. The van der Waals surface area contributed by atoms with Crippen LogP contribution in [0.5, 0.6) is 0 Å². The standard InChI is InChI=1S/C14H17BrN2O/c1-9-8-12(17-7-3-6-13(17)18)10-4-2-5-11(15)14(10)16-9/h2,4-5,9,12,16H,3,6-8H2,1H3/t9-,12+/m1/s1. The third kappa shape index (κ3) is 1.92. The number of likely N-dealkylation sites (tertiary alicyclic amines) is 1. The number of hydrogen-bond acceptors (Lipinski definition) is 2. The zero-order valence-electron chi connectivity index (χ0n) is 10.4. The first-order valence-electron chi connectivity index (χ1n) is 6.51. The molecule has 3 nitrogen and oxygen atoms in total. The molecule has 2 aliphatic rings. The lowest BCUT2D eigenvalue weighted by Crippen LogP contribution is -2.37. The normalized spacial score (nSPS) is 27.0. The Kier molecular flexibility index (Phi) is 3.06. The van der Waals surface area contributed by atoms with Gasteiger partial charge >= 0.3 is 0 Å². The van der Waals surface area contributed by atoms with E-state index in [1.807, 2.05) is 12.1 Å². The van der Waals surface area contributed by atoms with Gasteiger partial charge in [-0.25, -0.2) is 0 Å². The summed E-state index contributed by atoms with van der Waals surface area (Å²) in [7, 11) is 0. The minimum Gasteiger partial charge on any atom is -0.381 e. The van der Waals surface area contributed by atoms with Gasteiger partial charge in [-0.1, -0.05) is 12.1 Å². The number of hydrogen-bond donors (Lipinski definition) is 1. The fraction of sp³-hybridized carbons (Fsp3) is 0.500. The van der Waals surface area contributed by atoms with E-state index in [0.717, 1.165) is 29.5 Å². The second-order valence-corrected chi connectivity index (χ2v) is 6.05. The highest BCUT2D eigenvalue weighted by Crippen LogP contribution is 2.41. The van der Waals surface area contributed by atoms with Crippen molar-refractivity contribution in [2.75, 3.05) is 11.9 Å². The van der Waals surface area contributed by atoms with Gasteiger partial charge < -0.3 is 10.2 Å². The quantitative estimate of drug-likeness (QED) is 0.863. The van der Waals surface area contributed by atoms with Crippen LogP contribution in [0.2, 0.25) is 0 Å². The number of carbonyl (C=O) groups is 1. The van der Waals surface area contributed by atoms with Crippen LogP contribution in [0.1, 0.15) is 37.8 Å². The lowest BCUT2D eigenvalue weighted by Gasteiger charge is -2.37. The summed E-state index contributed by atoms with van der Waals surface area (Å²) in [5, 5.41) is 3.51. The summed E-state index contributed by atoms with van der Waals surface area (Å²) in [6.07, 6.45) is 2.71. The molecule has 2 atom stereocenters. The average molecular weight is 309 g/mol. The molecule has 96 valence electrons. The largest absolute Gasteiger partial charge is 0.381 e. The van der Waals surface area contributed by atoms with Crippen LogP contribution >= 0.6 is 15.9 Å². The van der Waals surface area contributed by atoms with E-state index in [-0.39, 0.29) is 6.04 Å². The predicted molar refractivity (Wildman–Crippen MR) is 75.5 cm³/mol. The number of fused-ring (bicyclic) bond motifs is 1. The molecule has 1 fully saturated rings. The second-order valence-electron chi connectivity index (χ2n) is 5.19. The predicted octanol–water partition coefficient (Wildman–Crippen LogP) is 3.32. The SMILES string of the molecule is C[C@@H]1C[C@H](N2CCCC2=O)c2cccc(Br)c2N1. The van der Waals surface area contributed by atoms with Crippen LogP contribution in [0, 0.1) is 0 Å². The Balaban J connectivity index is 2.02. The Bertz CT molecular complexity index is 489. The average Bonchev–Trinajstić information content (AvgIpc) is 2.76. The highest BCUT2D eigenvalue weighted by atomic mass is 79.9. The fourth-order valence-electron chi connectivity index (χ4n) is 3.03. The van der Waals surface area contributed by atoms with Crippen LogP contribution < -0.4 is 5.32 Å². The molecule has 18 heavy (non-hydrogen) atoms. The number of nitrogens with one attached hydrogen (secondary N) is 1. The number of nitrogens with zero attached hydrogens (tertiary/aromatic N) is 1. The first kappa shape index (κ1) is 12.0. The second kappa shape index (κ2) is 4.57. The van der Waals surface area contributed by atoms with Crippen molar-refractivity contribution in [3.05, 3.63) is 28.2 Å². The van der Waals surface area contributed by atoms with Gasteiger partial charge in [-0.3, -0.25) is 4.79 Å². The van der Waals surface area contributed by atoms with Gasteiger partial charge in [0.2, 0.25) is 5.91 Å².